The molecule has 0 fully saturated rings. The fourth-order valence-corrected chi connectivity index (χ4v) is 5.52. The molecule has 2 nitrogen and oxygen atoms in total. The molecule has 8 aromatic carbocycles. The lowest BCUT2D eigenvalue weighted by molar-refractivity contribution is 0.483. The Hall–Kier alpha value is -5.60. The maximum Gasteiger partial charge on any atom is 0.129 e. The van der Waals surface area contributed by atoms with Crippen molar-refractivity contribution in [2.75, 3.05) is 5.73 Å². The van der Waals surface area contributed by atoms with Crippen molar-refractivity contribution in [1.82, 2.24) is 0 Å². The number of nitrogen functional groups attached to an aromatic ring is 1. The number of rotatable bonds is 3. The minimum absolute atomic E-state index is 0.692. The molecule has 0 aromatic heterocycles. The zero-order chi connectivity index (χ0) is 28.3. The van der Waals surface area contributed by atoms with Gasteiger partial charge in [-0.05, 0) is 103 Å². The largest absolute Gasteiger partial charge is 0.457 e. The van der Waals surface area contributed by atoms with E-state index in [9.17, 15) is 0 Å². The van der Waals surface area contributed by atoms with E-state index < -0.39 is 0 Å². The lowest BCUT2D eigenvalue weighted by atomic mass is 9.95. The second-order valence-electron chi connectivity index (χ2n) is 10.5. The van der Waals surface area contributed by atoms with E-state index in [1.807, 2.05) is 36.4 Å². The molecule has 0 amide bonds. The van der Waals surface area contributed by atoms with Crippen molar-refractivity contribution >= 4 is 48.8 Å². The van der Waals surface area contributed by atoms with Gasteiger partial charge < -0.3 is 10.5 Å². The number of benzene rings is 8. The van der Waals surface area contributed by atoms with Crippen molar-refractivity contribution < 1.29 is 4.74 Å². The zero-order valence-electron chi connectivity index (χ0n) is 23.1. The summed E-state index contributed by atoms with van der Waals surface area (Å²) < 4.78 is 5.92. The SMILES string of the molecule is Nc1cccc(Oc2ccc(-c3cccc4cc5ccccc5cc34)cc2)c1.c1ccc2cc3ccccc3cc2c1. The first kappa shape index (κ1) is 25.4. The van der Waals surface area contributed by atoms with Gasteiger partial charge in [-0.25, -0.2) is 0 Å². The van der Waals surface area contributed by atoms with Gasteiger partial charge in [-0.2, -0.15) is 0 Å². The molecule has 0 aliphatic rings. The Kier molecular flexibility index (Phi) is 6.71. The van der Waals surface area contributed by atoms with E-state index in [1.54, 1.807) is 0 Å². The summed E-state index contributed by atoms with van der Waals surface area (Å²) in [6.45, 7) is 0. The molecule has 0 unspecified atom stereocenters. The molecule has 8 aromatic rings. The van der Waals surface area contributed by atoms with Gasteiger partial charge in [-0.15, -0.1) is 0 Å². The molecule has 0 atom stereocenters. The fraction of sp³-hybridized carbons (Fsp3) is 0. The van der Waals surface area contributed by atoms with Crippen LogP contribution in [0.4, 0.5) is 5.69 Å². The zero-order valence-corrected chi connectivity index (χ0v) is 23.1. The van der Waals surface area contributed by atoms with Crippen molar-refractivity contribution in [2.45, 2.75) is 0 Å². The van der Waals surface area contributed by atoms with Crippen LogP contribution in [0.15, 0.2) is 164 Å². The summed E-state index contributed by atoms with van der Waals surface area (Å²) >= 11 is 0. The number of nitrogens with two attached hydrogens (primary N) is 1. The van der Waals surface area contributed by atoms with Crippen LogP contribution in [0.1, 0.15) is 0 Å². The molecule has 0 aliphatic carbocycles. The van der Waals surface area contributed by atoms with Gasteiger partial charge in [0.25, 0.3) is 0 Å². The predicted molar refractivity (Wildman–Crippen MR) is 179 cm³/mol. The number of fused-ring (bicyclic) bond motifs is 4. The van der Waals surface area contributed by atoms with Gasteiger partial charge in [-0.3, -0.25) is 0 Å². The maximum atomic E-state index is 5.92. The molecule has 2 N–H and O–H groups in total. The second kappa shape index (κ2) is 11.1. The fourth-order valence-electron chi connectivity index (χ4n) is 5.52. The van der Waals surface area contributed by atoms with Crippen LogP contribution in [0.3, 0.4) is 0 Å². The second-order valence-corrected chi connectivity index (χ2v) is 10.5. The molecule has 200 valence electrons. The standard InChI is InChI=1S/C26H19NO.C14H10/c27-22-8-4-9-24(17-22)28-23-13-11-18(12-14-23)25-10-3-7-21-15-19-5-1-2-6-20(19)16-26(21)25;1-2-6-12-10-14-8-4-3-7-13(14)9-11(12)5-1/h1-17H,27H2;1-10H. The lowest BCUT2D eigenvalue weighted by Crippen LogP contribution is -1.88. The Morgan fingerprint density at radius 1 is 0.357 bits per heavy atom. The maximum absolute atomic E-state index is 5.92. The van der Waals surface area contributed by atoms with Crippen LogP contribution >= 0.6 is 0 Å². The third kappa shape index (κ3) is 5.26. The van der Waals surface area contributed by atoms with Gasteiger partial charge in [0, 0.05) is 11.8 Å². The molecule has 0 radical (unpaired) electrons. The first-order valence-electron chi connectivity index (χ1n) is 14.1. The number of hydrogen-bond donors (Lipinski definition) is 1. The van der Waals surface area contributed by atoms with E-state index in [0.29, 0.717) is 5.69 Å². The van der Waals surface area contributed by atoms with E-state index in [2.05, 4.69) is 127 Å². The Morgan fingerprint density at radius 3 is 1.38 bits per heavy atom. The van der Waals surface area contributed by atoms with Gasteiger partial charge in [0.1, 0.15) is 11.5 Å². The van der Waals surface area contributed by atoms with Gasteiger partial charge in [-0.1, -0.05) is 109 Å². The third-order valence-corrected chi connectivity index (χ3v) is 7.62. The van der Waals surface area contributed by atoms with E-state index in [-0.39, 0.29) is 0 Å². The molecule has 0 saturated carbocycles. The van der Waals surface area contributed by atoms with E-state index in [1.165, 1.54) is 54.2 Å². The monoisotopic (exact) mass is 539 g/mol. The summed E-state index contributed by atoms with van der Waals surface area (Å²) in [5.74, 6) is 1.53. The highest BCUT2D eigenvalue weighted by molar-refractivity contribution is 6.05. The summed E-state index contributed by atoms with van der Waals surface area (Å²) in [6.07, 6.45) is 0. The summed E-state index contributed by atoms with van der Waals surface area (Å²) in [6, 6.07) is 56.6. The summed E-state index contributed by atoms with van der Waals surface area (Å²) in [5, 5.41) is 10.3. The summed E-state index contributed by atoms with van der Waals surface area (Å²) in [4.78, 5) is 0. The molecule has 42 heavy (non-hydrogen) atoms. The number of anilines is 1. The van der Waals surface area contributed by atoms with Crippen LogP contribution in [0, 0.1) is 0 Å². The predicted octanol–water partition coefficient (Wildman–Crippen LogP) is 11.0. The minimum atomic E-state index is 0.692. The van der Waals surface area contributed by atoms with Gasteiger partial charge in [0.05, 0.1) is 0 Å². The molecular weight excluding hydrogens is 510 g/mol. The van der Waals surface area contributed by atoms with E-state index in [4.69, 9.17) is 10.5 Å². The first-order valence-corrected chi connectivity index (χ1v) is 14.1. The van der Waals surface area contributed by atoms with Gasteiger partial charge >= 0.3 is 0 Å². The Labute approximate surface area is 245 Å². The molecule has 0 bridgehead atoms. The van der Waals surface area contributed by atoms with E-state index >= 15 is 0 Å². The topological polar surface area (TPSA) is 35.2 Å². The molecule has 2 heteroatoms. The average Bonchev–Trinajstić information content (AvgIpc) is 3.03. The van der Waals surface area contributed by atoms with Crippen molar-refractivity contribution in [3.05, 3.63) is 164 Å². The minimum Gasteiger partial charge on any atom is -0.457 e. The Morgan fingerprint density at radius 2 is 0.833 bits per heavy atom. The first-order chi connectivity index (χ1) is 20.7. The molecule has 0 spiro atoms. The Balaban J connectivity index is 0.000000171. The molecule has 8 rings (SSSR count). The van der Waals surface area contributed by atoms with Crippen LogP contribution in [-0.2, 0) is 0 Å². The highest BCUT2D eigenvalue weighted by atomic mass is 16.5. The third-order valence-electron chi connectivity index (χ3n) is 7.62. The highest BCUT2D eigenvalue weighted by Gasteiger charge is 2.06. The van der Waals surface area contributed by atoms with Crippen LogP contribution < -0.4 is 10.5 Å². The molecule has 0 heterocycles. The molecule has 0 saturated heterocycles. The highest BCUT2D eigenvalue weighted by Crippen LogP contribution is 2.33. The van der Waals surface area contributed by atoms with Crippen LogP contribution in [-0.4, -0.2) is 0 Å². The van der Waals surface area contributed by atoms with Crippen LogP contribution in [0.25, 0.3) is 54.2 Å². The smallest absolute Gasteiger partial charge is 0.129 e. The number of hydrogen-bond acceptors (Lipinski definition) is 2. The molecular formula is C40H29NO. The Bertz CT molecular complexity index is 2080. The summed E-state index contributed by atoms with van der Waals surface area (Å²) in [7, 11) is 0. The number of ether oxygens (including phenoxy) is 1. The van der Waals surface area contributed by atoms with Crippen LogP contribution in [0.2, 0.25) is 0 Å². The van der Waals surface area contributed by atoms with Crippen molar-refractivity contribution in [1.29, 1.82) is 0 Å². The van der Waals surface area contributed by atoms with E-state index in [0.717, 1.165) is 11.5 Å². The normalized spacial score (nSPS) is 11.0. The van der Waals surface area contributed by atoms with Gasteiger partial charge in [0.15, 0.2) is 0 Å². The molecule has 0 aliphatic heterocycles. The average molecular weight is 540 g/mol. The van der Waals surface area contributed by atoms with Crippen molar-refractivity contribution in [2.24, 2.45) is 0 Å². The van der Waals surface area contributed by atoms with Crippen molar-refractivity contribution in [3.8, 4) is 22.6 Å². The van der Waals surface area contributed by atoms with Crippen LogP contribution in [0.5, 0.6) is 11.5 Å². The quantitative estimate of drug-likeness (QED) is 0.179. The van der Waals surface area contributed by atoms with Gasteiger partial charge in [0.2, 0.25) is 0 Å². The van der Waals surface area contributed by atoms with Crippen molar-refractivity contribution in [3.63, 3.8) is 0 Å². The summed E-state index contributed by atoms with van der Waals surface area (Å²) in [5.41, 5.74) is 8.90. The lowest BCUT2D eigenvalue weighted by Gasteiger charge is -2.10.